The number of anilines is 1. The molecule has 7 nitrogen and oxygen atoms in total. The third-order valence-electron chi connectivity index (χ3n) is 4.69. The van der Waals surface area contributed by atoms with Crippen molar-refractivity contribution in [3.8, 4) is 5.75 Å². The highest BCUT2D eigenvalue weighted by molar-refractivity contribution is 14.1. The van der Waals surface area contributed by atoms with Crippen LogP contribution in [-0.4, -0.2) is 35.9 Å². The van der Waals surface area contributed by atoms with Crippen LogP contribution in [0.1, 0.15) is 12.0 Å². The molecule has 1 atom stereocenters. The zero-order valence-electron chi connectivity index (χ0n) is 14.2. The molecule has 8 heteroatoms. The normalized spacial score (nSPS) is 20.9. The van der Waals surface area contributed by atoms with Gasteiger partial charge >= 0.3 is 6.03 Å². The molecule has 0 saturated carbocycles. The number of ether oxygens (including phenoxy) is 1. The zero-order valence-corrected chi connectivity index (χ0v) is 16.4. The van der Waals surface area contributed by atoms with Gasteiger partial charge in [0.05, 0.1) is 6.61 Å². The summed E-state index contributed by atoms with van der Waals surface area (Å²) in [6.45, 7) is -0.0346. The fourth-order valence-corrected chi connectivity index (χ4v) is 3.75. The average molecular weight is 477 g/mol. The molecule has 0 aromatic heterocycles. The van der Waals surface area contributed by atoms with Crippen molar-refractivity contribution in [2.24, 2.45) is 0 Å². The Morgan fingerprint density at radius 1 is 1.19 bits per heavy atom. The first kappa shape index (κ1) is 17.8. The number of para-hydroxylation sites is 1. The number of urea groups is 1. The molecule has 2 aromatic carbocycles. The first-order valence-corrected chi connectivity index (χ1v) is 9.49. The minimum absolute atomic E-state index is 0.311. The van der Waals surface area contributed by atoms with Crippen molar-refractivity contribution in [3.63, 3.8) is 0 Å². The summed E-state index contributed by atoms with van der Waals surface area (Å²) in [5.74, 6) is -0.291. The van der Waals surface area contributed by atoms with E-state index in [0.717, 1.165) is 8.47 Å². The van der Waals surface area contributed by atoms with Gasteiger partial charge in [-0.3, -0.25) is 14.5 Å². The van der Waals surface area contributed by atoms with Crippen LogP contribution in [-0.2, 0) is 15.1 Å². The van der Waals surface area contributed by atoms with Crippen molar-refractivity contribution >= 4 is 46.1 Å². The second-order valence-electron chi connectivity index (χ2n) is 6.38. The van der Waals surface area contributed by atoms with Gasteiger partial charge in [-0.25, -0.2) is 4.79 Å². The Balaban J connectivity index is 1.54. The summed E-state index contributed by atoms with van der Waals surface area (Å²) in [4.78, 5) is 38.9. The van der Waals surface area contributed by atoms with Crippen LogP contribution in [0.5, 0.6) is 5.75 Å². The number of carbonyl (C=O) groups is 3. The Morgan fingerprint density at radius 3 is 2.70 bits per heavy atom. The molecule has 2 N–H and O–H groups in total. The molecule has 0 aliphatic carbocycles. The Hall–Kier alpha value is -2.62. The summed E-state index contributed by atoms with van der Waals surface area (Å²) in [7, 11) is 0. The largest absolute Gasteiger partial charge is 0.493 e. The monoisotopic (exact) mass is 477 g/mol. The minimum Gasteiger partial charge on any atom is -0.493 e. The number of benzene rings is 2. The standard InChI is InChI=1S/C19H16IN3O4/c20-12-5-7-13(8-6-12)21-16(24)11-23-17(25)19(22-18(23)26)9-10-27-15-4-2-1-3-14(15)19/h1-8H,9-11H2,(H,21,24)(H,22,26). The number of hydrogen-bond acceptors (Lipinski definition) is 4. The third-order valence-corrected chi connectivity index (χ3v) is 5.41. The Labute approximate surface area is 169 Å². The summed E-state index contributed by atoms with van der Waals surface area (Å²) >= 11 is 2.17. The van der Waals surface area contributed by atoms with Gasteiger partial charge < -0.3 is 15.4 Å². The summed E-state index contributed by atoms with van der Waals surface area (Å²) in [6.07, 6.45) is 0.323. The summed E-state index contributed by atoms with van der Waals surface area (Å²) in [6, 6.07) is 13.8. The molecule has 1 unspecified atom stereocenters. The SMILES string of the molecule is O=C(CN1C(=O)NC2(CCOc3ccccc32)C1=O)Nc1ccc(I)cc1. The second-order valence-corrected chi connectivity index (χ2v) is 7.62. The molecular formula is C19H16IN3O4. The van der Waals surface area contributed by atoms with Crippen molar-refractivity contribution in [3.05, 3.63) is 57.7 Å². The van der Waals surface area contributed by atoms with Crippen molar-refractivity contribution in [2.45, 2.75) is 12.0 Å². The van der Waals surface area contributed by atoms with Gasteiger partial charge in [0.1, 0.15) is 12.3 Å². The van der Waals surface area contributed by atoms with E-state index in [-0.39, 0.29) is 6.54 Å². The molecule has 4 rings (SSSR count). The summed E-state index contributed by atoms with van der Waals surface area (Å²) in [5.41, 5.74) is 0.0588. The number of imide groups is 1. The second kappa shape index (κ2) is 6.84. The van der Waals surface area contributed by atoms with Gasteiger partial charge in [0, 0.05) is 21.2 Å². The lowest BCUT2D eigenvalue weighted by molar-refractivity contribution is -0.135. The lowest BCUT2D eigenvalue weighted by Gasteiger charge is -2.33. The fraction of sp³-hybridized carbons (Fsp3) is 0.211. The van der Waals surface area contributed by atoms with E-state index in [1.807, 2.05) is 18.2 Å². The van der Waals surface area contributed by atoms with E-state index in [9.17, 15) is 14.4 Å². The van der Waals surface area contributed by atoms with Crippen LogP contribution < -0.4 is 15.4 Å². The first-order valence-electron chi connectivity index (χ1n) is 8.41. The smallest absolute Gasteiger partial charge is 0.325 e. The highest BCUT2D eigenvalue weighted by Crippen LogP contribution is 2.40. The van der Waals surface area contributed by atoms with Gasteiger partial charge in [-0.2, -0.15) is 0 Å². The van der Waals surface area contributed by atoms with Gasteiger partial charge in [-0.05, 0) is 52.9 Å². The molecule has 1 saturated heterocycles. The van der Waals surface area contributed by atoms with Crippen molar-refractivity contribution in [1.29, 1.82) is 0 Å². The Bertz CT molecular complexity index is 931. The van der Waals surface area contributed by atoms with E-state index < -0.39 is 23.4 Å². The number of amides is 4. The number of hydrogen-bond donors (Lipinski definition) is 2. The molecule has 27 heavy (non-hydrogen) atoms. The quantitative estimate of drug-likeness (QED) is 0.526. The number of halogens is 1. The van der Waals surface area contributed by atoms with E-state index >= 15 is 0 Å². The van der Waals surface area contributed by atoms with Crippen LogP contribution in [0.4, 0.5) is 10.5 Å². The fourth-order valence-electron chi connectivity index (χ4n) is 3.39. The highest BCUT2D eigenvalue weighted by atomic mass is 127. The maximum atomic E-state index is 13.1. The van der Waals surface area contributed by atoms with Gasteiger partial charge in [0.25, 0.3) is 5.91 Å². The maximum absolute atomic E-state index is 13.1. The van der Waals surface area contributed by atoms with E-state index in [2.05, 4.69) is 33.2 Å². The van der Waals surface area contributed by atoms with Crippen LogP contribution in [0.2, 0.25) is 0 Å². The molecule has 0 radical (unpaired) electrons. The zero-order chi connectivity index (χ0) is 19.0. The van der Waals surface area contributed by atoms with Crippen LogP contribution in [0.3, 0.4) is 0 Å². The molecular weight excluding hydrogens is 461 g/mol. The molecule has 2 heterocycles. The molecule has 1 fully saturated rings. The van der Waals surface area contributed by atoms with Crippen molar-refractivity contribution < 1.29 is 19.1 Å². The Morgan fingerprint density at radius 2 is 1.93 bits per heavy atom. The minimum atomic E-state index is -1.17. The third kappa shape index (κ3) is 3.14. The predicted octanol–water partition coefficient (Wildman–Crippen LogP) is 2.46. The van der Waals surface area contributed by atoms with Crippen LogP contribution in [0.15, 0.2) is 48.5 Å². The molecule has 2 aliphatic heterocycles. The first-order chi connectivity index (χ1) is 13.0. The van der Waals surface area contributed by atoms with Crippen LogP contribution in [0, 0.1) is 3.57 Å². The Kier molecular flexibility index (Phi) is 4.50. The number of carbonyl (C=O) groups excluding carboxylic acids is 3. The number of fused-ring (bicyclic) bond motifs is 2. The van der Waals surface area contributed by atoms with Crippen molar-refractivity contribution in [2.75, 3.05) is 18.5 Å². The van der Waals surface area contributed by atoms with E-state index in [4.69, 9.17) is 4.74 Å². The average Bonchev–Trinajstić information content (AvgIpc) is 2.89. The molecule has 4 amide bonds. The number of rotatable bonds is 3. The van der Waals surface area contributed by atoms with Crippen LogP contribution >= 0.6 is 22.6 Å². The topological polar surface area (TPSA) is 87.7 Å². The van der Waals surface area contributed by atoms with Gasteiger partial charge in [-0.1, -0.05) is 18.2 Å². The van der Waals surface area contributed by atoms with Gasteiger partial charge in [-0.15, -0.1) is 0 Å². The summed E-state index contributed by atoms with van der Waals surface area (Å²) < 4.78 is 6.64. The maximum Gasteiger partial charge on any atom is 0.325 e. The molecule has 2 aliphatic rings. The van der Waals surface area contributed by atoms with E-state index in [1.54, 1.807) is 30.3 Å². The molecule has 1 spiro atoms. The lowest BCUT2D eigenvalue weighted by atomic mass is 9.84. The number of nitrogens with zero attached hydrogens (tertiary/aromatic N) is 1. The van der Waals surface area contributed by atoms with Crippen molar-refractivity contribution in [1.82, 2.24) is 10.2 Å². The molecule has 2 aromatic rings. The predicted molar refractivity (Wildman–Crippen MR) is 106 cm³/mol. The van der Waals surface area contributed by atoms with Gasteiger partial charge in [0.2, 0.25) is 5.91 Å². The van der Waals surface area contributed by atoms with E-state index in [0.29, 0.717) is 30.0 Å². The van der Waals surface area contributed by atoms with E-state index in [1.165, 1.54) is 0 Å². The molecule has 0 bridgehead atoms. The number of nitrogens with one attached hydrogen (secondary N) is 2. The molecule has 138 valence electrons. The summed E-state index contributed by atoms with van der Waals surface area (Å²) in [5, 5.41) is 5.49. The highest BCUT2D eigenvalue weighted by Gasteiger charge is 2.55. The lowest BCUT2D eigenvalue weighted by Crippen LogP contribution is -2.48. The van der Waals surface area contributed by atoms with Crippen LogP contribution in [0.25, 0.3) is 0 Å². The van der Waals surface area contributed by atoms with Gasteiger partial charge in [0.15, 0.2) is 5.54 Å².